The fraction of sp³-hybridized carbons (Fsp3) is 0.538. The molecule has 14 heteroatoms. The topological polar surface area (TPSA) is 144 Å². The maximum absolute atomic E-state index is 14.0. The number of alkyl halides is 3. The molecule has 10 nitrogen and oxygen atoms in total. The van der Waals surface area contributed by atoms with Crippen LogP contribution in [-0.4, -0.2) is 66.0 Å². The van der Waals surface area contributed by atoms with E-state index in [-0.39, 0.29) is 0 Å². The smallest absolute Gasteiger partial charge is 0.423 e. The fourth-order valence-corrected chi connectivity index (χ4v) is 4.32. The Hall–Kier alpha value is -3.26. The number of hydrogen-bond donors (Lipinski definition) is 2. The monoisotopic (exact) mass is 589 g/mol. The highest BCUT2D eigenvalue weighted by molar-refractivity contribution is 7.90. The average Bonchev–Trinajstić information content (AvgIpc) is 2.78. The van der Waals surface area contributed by atoms with E-state index in [0.717, 1.165) is 18.5 Å². The van der Waals surface area contributed by atoms with E-state index in [0.29, 0.717) is 10.8 Å². The number of carbonyl (C=O) groups excluding carboxylic acids is 2. The van der Waals surface area contributed by atoms with Gasteiger partial charge in [-0.2, -0.15) is 17.6 Å². The Labute approximate surface area is 231 Å². The molecule has 1 aromatic heterocycles. The van der Waals surface area contributed by atoms with E-state index in [1.54, 1.807) is 59.7 Å². The number of rotatable bonds is 9. The lowest BCUT2D eigenvalue weighted by Crippen LogP contribution is -2.46. The van der Waals surface area contributed by atoms with Crippen molar-refractivity contribution in [2.75, 3.05) is 5.75 Å². The lowest BCUT2D eigenvalue weighted by molar-refractivity contribution is -0.268. The quantitative estimate of drug-likeness (QED) is 0.324. The predicted octanol–water partition coefficient (Wildman–Crippen LogP) is 4.40. The van der Waals surface area contributed by atoms with Crippen LogP contribution in [-0.2, 0) is 29.9 Å². The number of alkyl carbamates (subject to hydrolysis) is 1. The molecule has 40 heavy (non-hydrogen) atoms. The lowest BCUT2D eigenvalue weighted by atomic mass is 9.94. The van der Waals surface area contributed by atoms with Crippen LogP contribution in [0.15, 0.2) is 40.9 Å². The molecular formula is C26H34F3N3O7S. The van der Waals surface area contributed by atoms with E-state index in [4.69, 9.17) is 9.47 Å². The van der Waals surface area contributed by atoms with E-state index >= 15 is 0 Å². The third kappa shape index (κ3) is 9.73. The zero-order valence-electron chi connectivity index (χ0n) is 23.1. The summed E-state index contributed by atoms with van der Waals surface area (Å²) in [5.41, 5.74) is -6.16. The van der Waals surface area contributed by atoms with Gasteiger partial charge in [0.25, 0.3) is 10.0 Å². The Morgan fingerprint density at radius 1 is 1.05 bits per heavy atom. The maximum atomic E-state index is 14.0. The zero-order chi connectivity index (χ0) is 30.6. The molecule has 2 aromatic rings. The summed E-state index contributed by atoms with van der Waals surface area (Å²) in [6, 6.07) is 6.07. The van der Waals surface area contributed by atoms with Gasteiger partial charge in [0.1, 0.15) is 17.2 Å². The summed E-state index contributed by atoms with van der Waals surface area (Å²) in [6.45, 7) is 9.54. The van der Waals surface area contributed by atoms with Gasteiger partial charge in [-0.05, 0) is 53.0 Å². The number of aliphatic hydroxyl groups is 1. The van der Waals surface area contributed by atoms with Crippen molar-refractivity contribution in [1.82, 2.24) is 10.3 Å². The summed E-state index contributed by atoms with van der Waals surface area (Å²) in [5.74, 6) is -2.10. The van der Waals surface area contributed by atoms with E-state index in [9.17, 15) is 36.3 Å². The van der Waals surface area contributed by atoms with Crippen molar-refractivity contribution in [2.45, 2.75) is 83.4 Å². The summed E-state index contributed by atoms with van der Waals surface area (Å²) >= 11 is 0. The first-order chi connectivity index (χ1) is 18.1. The molecule has 1 aromatic carbocycles. The van der Waals surface area contributed by atoms with Gasteiger partial charge in [0.15, 0.2) is 0 Å². The second kappa shape index (κ2) is 12.1. The highest BCUT2D eigenvalue weighted by Gasteiger charge is 2.56. The van der Waals surface area contributed by atoms with Gasteiger partial charge in [0, 0.05) is 30.6 Å². The molecule has 2 N–H and O–H groups in total. The number of carbonyl (C=O) groups is 2. The zero-order valence-corrected chi connectivity index (χ0v) is 23.9. The molecular weight excluding hydrogens is 555 g/mol. The molecule has 0 saturated heterocycles. The minimum Gasteiger partial charge on any atom is -0.458 e. The van der Waals surface area contributed by atoms with Crippen LogP contribution in [0, 0.1) is 0 Å². The number of pyridine rings is 1. The molecule has 0 radical (unpaired) electrons. The van der Waals surface area contributed by atoms with Gasteiger partial charge >= 0.3 is 18.2 Å². The van der Waals surface area contributed by atoms with Crippen LogP contribution in [0.4, 0.5) is 18.0 Å². The molecule has 1 heterocycles. The Bertz CT molecular complexity index is 1350. The van der Waals surface area contributed by atoms with Crippen LogP contribution in [0.25, 0.3) is 10.8 Å². The number of fused-ring (bicyclic) bond motifs is 1. The van der Waals surface area contributed by atoms with Crippen molar-refractivity contribution in [3.8, 4) is 0 Å². The van der Waals surface area contributed by atoms with E-state index < -0.39 is 75.4 Å². The average molecular weight is 590 g/mol. The molecule has 0 aliphatic heterocycles. The number of aromatic nitrogens is 1. The Balaban J connectivity index is 2.21. The van der Waals surface area contributed by atoms with Crippen molar-refractivity contribution >= 4 is 39.1 Å². The normalized spacial score (nSPS) is 15.4. The molecule has 1 unspecified atom stereocenters. The van der Waals surface area contributed by atoms with Crippen LogP contribution < -0.4 is 5.32 Å². The molecule has 0 aliphatic rings. The summed E-state index contributed by atoms with van der Waals surface area (Å²) in [5, 5.41) is 13.8. The molecule has 1 amide bonds. The first-order valence-electron chi connectivity index (χ1n) is 12.3. The number of hydrogen-bond acceptors (Lipinski definition) is 8. The van der Waals surface area contributed by atoms with Crippen LogP contribution in [0.2, 0.25) is 0 Å². The Morgan fingerprint density at radius 3 is 2.17 bits per heavy atom. The SMILES string of the molecule is CC(C)(C)OC(=O)N[C@@H](CC=NS(=O)(=O)CCC(O)(c1cc2ccccc2cn1)C(F)(F)F)C(=O)OC(C)(C)C. The van der Waals surface area contributed by atoms with Gasteiger partial charge in [0.05, 0.1) is 11.4 Å². The molecule has 0 aliphatic carbocycles. The molecule has 2 atom stereocenters. The van der Waals surface area contributed by atoms with Crippen molar-refractivity contribution in [1.29, 1.82) is 0 Å². The Morgan fingerprint density at radius 2 is 1.62 bits per heavy atom. The number of amides is 1. The third-order valence-electron chi connectivity index (χ3n) is 5.20. The van der Waals surface area contributed by atoms with E-state index in [1.165, 1.54) is 6.07 Å². The van der Waals surface area contributed by atoms with Gasteiger partial charge in [-0.25, -0.2) is 18.0 Å². The van der Waals surface area contributed by atoms with Crippen LogP contribution in [0.5, 0.6) is 0 Å². The third-order valence-corrected chi connectivity index (χ3v) is 6.39. The summed E-state index contributed by atoms with van der Waals surface area (Å²) in [4.78, 5) is 28.5. The van der Waals surface area contributed by atoms with Crippen molar-refractivity contribution in [3.05, 3.63) is 42.2 Å². The van der Waals surface area contributed by atoms with Crippen LogP contribution >= 0.6 is 0 Å². The van der Waals surface area contributed by atoms with Gasteiger partial charge in [-0.15, -0.1) is 0 Å². The second-order valence-electron chi connectivity index (χ2n) is 11.1. The number of ether oxygens (including phenoxy) is 2. The number of benzene rings is 1. The molecule has 0 bridgehead atoms. The summed E-state index contributed by atoms with van der Waals surface area (Å²) in [7, 11) is -4.55. The van der Waals surface area contributed by atoms with E-state index in [1.807, 2.05) is 0 Å². The summed E-state index contributed by atoms with van der Waals surface area (Å²) in [6.07, 6.45) is -6.06. The standard InChI is InChI=1S/C26H34F3N3O7S/c1-23(2,3)38-21(33)19(32-22(34)39-24(4,5)6)11-13-31-40(36,37)14-12-25(35,26(27,28)29)20-15-17-9-7-8-10-18(17)16-30-20/h7-10,13,15-16,19,35H,11-12,14H2,1-6H3,(H,32,34)/t19-,25?/m0/s1. The number of sulfonamides is 1. The first kappa shape index (κ1) is 32.9. The highest BCUT2D eigenvalue weighted by Crippen LogP contribution is 2.41. The molecule has 0 spiro atoms. The largest absolute Gasteiger partial charge is 0.458 e. The Kier molecular flexibility index (Phi) is 9.96. The fourth-order valence-electron chi connectivity index (χ4n) is 3.35. The van der Waals surface area contributed by atoms with Gasteiger partial charge in [-0.1, -0.05) is 24.3 Å². The van der Waals surface area contributed by atoms with Crippen molar-refractivity contribution < 1.29 is 45.8 Å². The maximum Gasteiger partial charge on any atom is 0.423 e. The van der Waals surface area contributed by atoms with Crippen molar-refractivity contribution in [2.24, 2.45) is 4.40 Å². The first-order valence-corrected chi connectivity index (χ1v) is 13.9. The van der Waals surface area contributed by atoms with Gasteiger partial charge in [0.2, 0.25) is 5.60 Å². The predicted molar refractivity (Wildman–Crippen MR) is 142 cm³/mol. The highest BCUT2D eigenvalue weighted by atomic mass is 32.2. The van der Waals surface area contributed by atoms with Crippen LogP contribution in [0.3, 0.4) is 0 Å². The second-order valence-corrected chi connectivity index (χ2v) is 12.8. The number of esters is 1. The number of nitrogens with one attached hydrogen (secondary N) is 1. The number of halogens is 3. The lowest BCUT2D eigenvalue weighted by Gasteiger charge is -2.29. The molecule has 2 rings (SSSR count). The van der Waals surface area contributed by atoms with Gasteiger partial charge in [-0.3, -0.25) is 4.98 Å². The minimum absolute atomic E-state index is 0.377. The van der Waals surface area contributed by atoms with Crippen molar-refractivity contribution in [3.63, 3.8) is 0 Å². The minimum atomic E-state index is -5.25. The molecule has 0 saturated carbocycles. The number of nitrogens with zero attached hydrogens (tertiary/aromatic N) is 2. The molecule has 0 fully saturated rings. The molecule has 222 valence electrons. The summed E-state index contributed by atoms with van der Waals surface area (Å²) < 4.78 is 80.6. The van der Waals surface area contributed by atoms with Crippen LogP contribution in [0.1, 0.15) is 60.1 Å². The van der Waals surface area contributed by atoms with Gasteiger partial charge < -0.3 is 19.9 Å². The van der Waals surface area contributed by atoms with E-state index in [2.05, 4.69) is 14.7 Å².